The molecule has 1 aromatic rings. The second kappa shape index (κ2) is 6.42. The fraction of sp³-hybridized carbons (Fsp3) is 0.222. The van der Waals surface area contributed by atoms with Gasteiger partial charge in [0.25, 0.3) is 5.91 Å². The van der Waals surface area contributed by atoms with E-state index >= 15 is 0 Å². The summed E-state index contributed by atoms with van der Waals surface area (Å²) in [5.41, 5.74) is 1.99. The number of amides is 2. The first-order valence-electron chi connectivity index (χ1n) is 7.32. The molecule has 4 nitrogen and oxygen atoms in total. The molecule has 1 saturated heterocycles. The highest BCUT2D eigenvalue weighted by Gasteiger charge is 2.45. The summed E-state index contributed by atoms with van der Waals surface area (Å²) in [4.78, 5) is 26.2. The van der Waals surface area contributed by atoms with E-state index in [0.29, 0.717) is 23.5 Å². The van der Waals surface area contributed by atoms with Gasteiger partial charge in [-0.25, -0.2) is 4.90 Å². The number of methoxy groups -OCH3 is 1. The van der Waals surface area contributed by atoms with E-state index in [-0.39, 0.29) is 17.7 Å². The van der Waals surface area contributed by atoms with Gasteiger partial charge in [0.15, 0.2) is 0 Å². The maximum absolute atomic E-state index is 12.9. The molecule has 5 heteroatoms. The van der Waals surface area contributed by atoms with Crippen LogP contribution in [0.2, 0.25) is 0 Å². The monoisotopic (exact) mass is 329 g/mol. The molecule has 0 spiro atoms. The molecule has 3 rings (SSSR count). The normalized spacial score (nSPS) is 21.8. The van der Waals surface area contributed by atoms with Crippen LogP contribution in [0.3, 0.4) is 0 Å². The number of ether oxygens (including phenoxy) is 1. The molecule has 0 radical (unpaired) electrons. The van der Waals surface area contributed by atoms with Crippen molar-refractivity contribution in [3.63, 3.8) is 0 Å². The Kier molecular flexibility index (Phi) is 4.35. The number of hydrogen-bond donors (Lipinski definition) is 0. The number of imide groups is 1. The van der Waals surface area contributed by atoms with E-state index in [0.717, 1.165) is 5.56 Å². The first-order chi connectivity index (χ1) is 11.2. The van der Waals surface area contributed by atoms with Gasteiger partial charge in [-0.15, -0.1) is 11.6 Å². The summed E-state index contributed by atoms with van der Waals surface area (Å²) < 4.78 is 5.54. The van der Waals surface area contributed by atoms with Crippen molar-refractivity contribution in [3.8, 4) is 0 Å². The van der Waals surface area contributed by atoms with Gasteiger partial charge in [-0.05, 0) is 12.5 Å². The van der Waals surface area contributed by atoms with E-state index in [4.69, 9.17) is 16.3 Å². The summed E-state index contributed by atoms with van der Waals surface area (Å²) >= 11 is 5.67. The highest BCUT2D eigenvalue weighted by atomic mass is 35.5. The van der Waals surface area contributed by atoms with Gasteiger partial charge in [0.05, 0.1) is 12.7 Å². The zero-order valence-electron chi connectivity index (χ0n) is 12.7. The van der Waals surface area contributed by atoms with Crippen LogP contribution in [0.25, 0.3) is 5.76 Å². The number of alkyl halides is 1. The summed E-state index contributed by atoms with van der Waals surface area (Å²) in [6.45, 7) is 0. The number of benzene rings is 1. The standard InChI is InChI=1S/C18H16ClNO3/c1-23-17(12-7-3-2-4-8-12)16-13-9-5-6-10-14(13)20(18(16)22)15(21)11-19/h2-8,10,13H,9,11H2,1H3. The van der Waals surface area contributed by atoms with Crippen molar-refractivity contribution in [3.05, 3.63) is 65.4 Å². The number of carbonyl (C=O) groups excluding carboxylic acids is 2. The molecule has 0 aromatic heterocycles. The SMILES string of the molecule is COC(=C1C(=O)N(C(=O)CCl)C2=CC=CCC21)c1ccccc1. The number of fused-ring (bicyclic) bond motifs is 1. The van der Waals surface area contributed by atoms with Gasteiger partial charge in [0.1, 0.15) is 11.6 Å². The Morgan fingerprint density at radius 2 is 2.09 bits per heavy atom. The van der Waals surface area contributed by atoms with Crippen molar-refractivity contribution in [2.45, 2.75) is 6.42 Å². The number of likely N-dealkylation sites (tertiary alicyclic amines) is 1. The lowest BCUT2D eigenvalue weighted by atomic mass is 9.90. The average molecular weight is 330 g/mol. The molecule has 1 atom stereocenters. The number of halogens is 1. The zero-order chi connectivity index (χ0) is 16.4. The highest BCUT2D eigenvalue weighted by Crippen LogP contribution is 2.42. The van der Waals surface area contributed by atoms with Crippen LogP contribution >= 0.6 is 11.6 Å². The molecule has 1 aliphatic heterocycles. The molecule has 1 aliphatic carbocycles. The van der Waals surface area contributed by atoms with Gasteiger partial charge in [-0.3, -0.25) is 9.59 Å². The van der Waals surface area contributed by atoms with Gasteiger partial charge < -0.3 is 4.74 Å². The molecule has 1 heterocycles. The van der Waals surface area contributed by atoms with Crippen molar-refractivity contribution in [1.82, 2.24) is 4.90 Å². The Labute approximate surface area is 139 Å². The van der Waals surface area contributed by atoms with Crippen LogP contribution in [0.15, 0.2) is 59.8 Å². The van der Waals surface area contributed by atoms with Crippen LogP contribution in [-0.2, 0) is 14.3 Å². The molecular weight excluding hydrogens is 314 g/mol. The Hall–Kier alpha value is -2.33. The Balaban J connectivity index is 2.17. The Morgan fingerprint density at radius 3 is 2.74 bits per heavy atom. The number of rotatable bonds is 3. The van der Waals surface area contributed by atoms with Crippen molar-refractivity contribution in [2.75, 3.05) is 13.0 Å². The van der Waals surface area contributed by atoms with Gasteiger partial charge in [-0.1, -0.05) is 42.5 Å². The average Bonchev–Trinajstić information content (AvgIpc) is 2.89. The minimum atomic E-state index is -0.415. The van der Waals surface area contributed by atoms with Crippen molar-refractivity contribution >= 4 is 29.2 Å². The maximum atomic E-state index is 12.9. The van der Waals surface area contributed by atoms with Crippen molar-refractivity contribution in [2.24, 2.45) is 5.92 Å². The van der Waals surface area contributed by atoms with Crippen LogP contribution < -0.4 is 0 Å². The second-order valence-corrected chi connectivity index (χ2v) is 5.56. The van der Waals surface area contributed by atoms with Crippen LogP contribution in [0.5, 0.6) is 0 Å². The third-order valence-corrected chi connectivity index (χ3v) is 4.25. The summed E-state index contributed by atoms with van der Waals surface area (Å²) in [6, 6.07) is 9.43. The highest BCUT2D eigenvalue weighted by molar-refractivity contribution is 6.29. The third-order valence-electron chi connectivity index (χ3n) is 4.02. The first kappa shape index (κ1) is 15.6. The van der Waals surface area contributed by atoms with E-state index in [9.17, 15) is 9.59 Å². The molecule has 1 fully saturated rings. The van der Waals surface area contributed by atoms with Crippen LogP contribution in [0.1, 0.15) is 12.0 Å². The van der Waals surface area contributed by atoms with Crippen molar-refractivity contribution in [1.29, 1.82) is 0 Å². The molecule has 0 bridgehead atoms. The van der Waals surface area contributed by atoms with E-state index in [1.807, 2.05) is 42.5 Å². The molecule has 118 valence electrons. The molecule has 1 aromatic carbocycles. The lowest BCUT2D eigenvalue weighted by molar-refractivity contribution is -0.136. The molecule has 0 N–H and O–H groups in total. The third kappa shape index (κ3) is 2.59. The van der Waals surface area contributed by atoms with Crippen molar-refractivity contribution < 1.29 is 14.3 Å². The molecule has 2 amide bonds. The second-order valence-electron chi connectivity index (χ2n) is 5.29. The topological polar surface area (TPSA) is 46.6 Å². The minimum absolute atomic E-state index is 0.185. The zero-order valence-corrected chi connectivity index (χ0v) is 13.4. The minimum Gasteiger partial charge on any atom is -0.496 e. The van der Waals surface area contributed by atoms with Crippen LogP contribution in [0.4, 0.5) is 0 Å². The van der Waals surface area contributed by atoms with Gasteiger partial charge in [0.2, 0.25) is 5.91 Å². The molecular formula is C18H16ClNO3. The smallest absolute Gasteiger partial charge is 0.265 e. The fourth-order valence-electron chi connectivity index (χ4n) is 3.05. The summed E-state index contributed by atoms with van der Waals surface area (Å²) in [5.74, 6) is -0.681. The first-order valence-corrected chi connectivity index (χ1v) is 7.86. The maximum Gasteiger partial charge on any atom is 0.265 e. The van der Waals surface area contributed by atoms with Gasteiger partial charge in [-0.2, -0.15) is 0 Å². The number of carbonyl (C=O) groups is 2. The predicted octanol–water partition coefficient (Wildman–Crippen LogP) is 3.11. The molecule has 1 unspecified atom stereocenters. The lowest BCUT2D eigenvalue weighted by Crippen LogP contribution is -2.32. The number of hydrogen-bond acceptors (Lipinski definition) is 3. The summed E-state index contributed by atoms with van der Waals surface area (Å²) in [6.07, 6.45) is 6.28. The fourth-order valence-corrected chi connectivity index (χ4v) is 3.17. The number of nitrogens with zero attached hydrogens (tertiary/aromatic N) is 1. The van der Waals surface area contributed by atoms with E-state index in [1.165, 1.54) is 12.0 Å². The molecule has 23 heavy (non-hydrogen) atoms. The Bertz CT molecular complexity index is 734. The summed E-state index contributed by atoms with van der Waals surface area (Å²) in [7, 11) is 1.54. The van der Waals surface area contributed by atoms with Crippen LogP contribution in [-0.4, -0.2) is 29.7 Å². The largest absolute Gasteiger partial charge is 0.496 e. The lowest BCUT2D eigenvalue weighted by Gasteiger charge is -2.18. The quantitative estimate of drug-likeness (QED) is 0.486. The number of allylic oxidation sites excluding steroid dienone is 4. The van der Waals surface area contributed by atoms with Gasteiger partial charge in [0, 0.05) is 17.2 Å². The molecule has 0 saturated carbocycles. The van der Waals surface area contributed by atoms with E-state index < -0.39 is 5.91 Å². The Morgan fingerprint density at radius 1 is 1.35 bits per heavy atom. The van der Waals surface area contributed by atoms with Gasteiger partial charge >= 0.3 is 0 Å². The predicted molar refractivity (Wildman–Crippen MR) is 88.3 cm³/mol. The molecule has 2 aliphatic rings. The van der Waals surface area contributed by atoms with E-state index in [2.05, 4.69) is 0 Å². The summed E-state index contributed by atoms with van der Waals surface area (Å²) in [5, 5.41) is 0. The van der Waals surface area contributed by atoms with Crippen LogP contribution in [0, 0.1) is 5.92 Å². The van der Waals surface area contributed by atoms with E-state index in [1.54, 1.807) is 6.08 Å².